The Morgan fingerprint density at radius 2 is 0.953 bits per heavy atom. The molecule has 7 heteroatoms. The van der Waals surface area contributed by atoms with Gasteiger partial charge in [-0.05, 0) is 22.3 Å². The largest absolute Gasteiger partial charge is 0.433 e. The molecule has 1 fully saturated rings. The highest BCUT2D eigenvalue weighted by Gasteiger charge is 2.50. The molecule has 0 spiro atoms. The molecule has 7 nitrogen and oxygen atoms in total. The maximum atomic E-state index is 12.3. The number of ether oxygens (including phenoxy) is 6. The molecule has 0 aromatic heterocycles. The maximum Gasteiger partial charge on any atom is 0.305 e. The lowest BCUT2D eigenvalue weighted by molar-refractivity contribution is -0.320. The van der Waals surface area contributed by atoms with Crippen molar-refractivity contribution in [3.63, 3.8) is 0 Å². The molecule has 0 bridgehead atoms. The molecule has 43 heavy (non-hydrogen) atoms. The van der Waals surface area contributed by atoms with Crippen molar-refractivity contribution < 1.29 is 33.2 Å². The van der Waals surface area contributed by atoms with Gasteiger partial charge in [0.1, 0.15) is 24.4 Å². The summed E-state index contributed by atoms with van der Waals surface area (Å²) in [6.07, 6.45) is -3.62. The Kier molecular flexibility index (Phi) is 11.5. The zero-order valence-corrected chi connectivity index (χ0v) is 24.3. The van der Waals surface area contributed by atoms with Crippen molar-refractivity contribution >= 4 is 5.97 Å². The highest BCUT2D eigenvalue weighted by atomic mass is 16.7. The summed E-state index contributed by atoms with van der Waals surface area (Å²) in [5, 5.41) is 0. The first-order valence-electron chi connectivity index (χ1n) is 14.6. The van der Waals surface area contributed by atoms with E-state index in [0.717, 1.165) is 22.3 Å². The topological polar surface area (TPSA) is 72.5 Å². The van der Waals surface area contributed by atoms with Crippen LogP contribution in [-0.4, -0.2) is 43.3 Å². The summed E-state index contributed by atoms with van der Waals surface area (Å²) in [5.41, 5.74) is 4.02. The number of esters is 1. The van der Waals surface area contributed by atoms with E-state index in [9.17, 15) is 4.79 Å². The van der Waals surface area contributed by atoms with Crippen molar-refractivity contribution in [2.24, 2.45) is 0 Å². The molecule has 4 aromatic rings. The van der Waals surface area contributed by atoms with Crippen LogP contribution in [0.25, 0.3) is 0 Å². The Morgan fingerprint density at radius 3 is 1.40 bits per heavy atom. The third-order valence-electron chi connectivity index (χ3n) is 7.12. The molecule has 5 rings (SSSR count). The SMILES string of the molecule is CC(=O)OC1O[C@H](COCc2ccccc2)[C@@H](OCc2ccccc2)[C@H](OCc2ccccc2)[C@@H]1OCc1ccccc1. The van der Waals surface area contributed by atoms with Gasteiger partial charge in [0.05, 0.1) is 33.0 Å². The number of hydrogen-bond acceptors (Lipinski definition) is 7. The zero-order chi connectivity index (χ0) is 29.7. The van der Waals surface area contributed by atoms with Gasteiger partial charge in [0.2, 0.25) is 6.29 Å². The molecule has 0 aliphatic carbocycles. The van der Waals surface area contributed by atoms with E-state index in [1.165, 1.54) is 6.92 Å². The molecule has 1 heterocycles. The van der Waals surface area contributed by atoms with Crippen molar-refractivity contribution in [1.82, 2.24) is 0 Å². The first-order chi connectivity index (χ1) is 21.2. The maximum absolute atomic E-state index is 12.3. The second kappa shape index (κ2) is 16.1. The van der Waals surface area contributed by atoms with Gasteiger partial charge in [0, 0.05) is 6.92 Å². The van der Waals surface area contributed by atoms with E-state index < -0.39 is 36.7 Å². The molecule has 0 radical (unpaired) electrons. The minimum atomic E-state index is -1.02. The Morgan fingerprint density at radius 1 is 0.558 bits per heavy atom. The quantitative estimate of drug-likeness (QED) is 0.163. The van der Waals surface area contributed by atoms with Gasteiger partial charge in [0.25, 0.3) is 0 Å². The number of benzene rings is 4. The van der Waals surface area contributed by atoms with Crippen LogP contribution in [0.5, 0.6) is 0 Å². The van der Waals surface area contributed by atoms with Crippen LogP contribution in [0.1, 0.15) is 29.2 Å². The summed E-state index contributed by atoms with van der Waals surface area (Å²) in [5.74, 6) is -0.479. The fraction of sp³-hybridized carbons (Fsp3) is 0.306. The lowest BCUT2D eigenvalue weighted by atomic mass is 9.97. The lowest BCUT2D eigenvalue weighted by Gasteiger charge is -2.45. The van der Waals surface area contributed by atoms with Crippen molar-refractivity contribution in [2.45, 2.75) is 64.1 Å². The van der Waals surface area contributed by atoms with Crippen molar-refractivity contribution in [2.75, 3.05) is 6.61 Å². The minimum absolute atomic E-state index is 0.197. The molecule has 1 aliphatic rings. The van der Waals surface area contributed by atoms with Crippen LogP contribution in [0.3, 0.4) is 0 Å². The van der Waals surface area contributed by atoms with E-state index in [0.29, 0.717) is 19.8 Å². The highest BCUT2D eigenvalue weighted by Crippen LogP contribution is 2.31. The summed E-state index contributed by atoms with van der Waals surface area (Å²) in [4.78, 5) is 12.3. The molecular formula is C36H38O7. The predicted octanol–water partition coefficient (Wildman–Crippen LogP) is 6.25. The van der Waals surface area contributed by atoms with Crippen LogP contribution in [-0.2, 0) is 59.6 Å². The van der Waals surface area contributed by atoms with Crippen LogP contribution in [0.4, 0.5) is 0 Å². The molecule has 0 N–H and O–H groups in total. The van der Waals surface area contributed by atoms with Gasteiger partial charge < -0.3 is 28.4 Å². The molecule has 1 unspecified atom stereocenters. The third-order valence-corrected chi connectivity index (χ3v) is 7.12. The lowest BCUT2D eigenvalue weighted by Crippen LogP contribution is -2.62. The van der Waals surface area contributed by atoms with Crippen molar-refractivity contribution in [3.05, 3.63) is 144 Å². The van der Waals surface area contributed by atoms with Crippen LogP contribution in [0, 0.1) is 0 Å². The van der Waals surface area contributed by atoms with Gasteiger partial charge in [-0.15, -0.1) is 0 Å². The molecule has 5 atom stereocenters. The molecule has 1 aliphatic heterocycles. The smallest absolute Gasteiger partial charge is 0.305 e. The van der Waals surface area contributed by atoms with E-state index >= 15 is 0 Å². The van der Waals surface area contributed by atoms with Gasteiger partial charge in [0.15, 0.2) is 0 Å². The summed E-state index contributed by atoms with van der Waals surface area (Å²) in [6.45, 7) is 2.87. The Balaban J connectivity index is 1.42. The van der Waals surface area contributed by atoms with Crippen LogP contribution >= 0.6 is 0 Å². The average molecular weight is 583 g/mol. The van der Waals surface area contributed by atoms with E-state index in [2.05, 4.69) is 0 Å². The third kappa shape index (κ3) is 9.32. The average Bonchev–Trinajstić information content (AvgIpc) is 3.04. The Labute approximate surface area is 253 Å². The standard InChI is InChI=1S/C36H38O7/c1-27(37)42-36-35(41-25-31-20-12-5-13-21-31)34(40-24-30-18-10-4-11-19-30)33(39-23-29-16-8-3-9-17-29)32(43-36)26-38-22-28-14-6-2-7-15-28/h2-21,32-36H,22-26H2,1H3/t32-,33-,34+,35+,36?/m1/s1. The van der Waals surface area contributed by atoms with Crippen LogP contribution in [0.15, 0.2) is 121 Å². The number of carbonyl (C=O) groups excluding carboxylic acids is 1. The number of carbonyl (C=O) groups is 1. The van der Waals surface area contributed by atoms with E-state index in [-0.39, 0.29) is 13.2 Å². The first-order valence-corrected chi connectivity index (χ1v) is 14.6. The Bertz CT molecular complexity index is 1350. The van der Waals surface area contributed by atoms with Gasteiger partial charge in [-0.25, -0.2) is 0 Å². The van der Waals surface area contributed by atoms with Crippen molar-refractivity contribution in [3.8, 4) is 0 Å². The van der Waals surface area contributed by atoms with E-state index in [1.807, 2.05) is 121 Å². The predicted molar refractivity (Wildman–Crippen MR) is 162 cm³/mol. The van der Waals surface area contributed by atoms with Crippen LogP contribution < -0.4 is 0 Å². The fourth-order valence-electron chi connectivity index (χ4n) is 5.01. The van der Waals surface area contributed by atoms with Gasteiger partial charge in [-0.2, -0.15) is 0 Å². The Hall–Kier alpha value is -3.85. The summed E-state index contributed by atoms with van der Waals surface area (Å²) in [7, 11) is 0. The molecule has 1 saturated heterocycles. The second-order valence-electron chi connectivity index (χ2n) is 10.4. The summed E-state index contributed by atoms with van der Waals surface area (Å²) in [6, 6.07) is 39.6. The van der Waals surface area contributed by atoms with E-state index in [4.69, 9.17) is 28.4 Å². The summed E-state index contributed by atoms with van der Waals surface area (Å²) >= 11 is 0. The normalized spacial score (nSPS) is 21.7. The number of rotatable bonds is 14. The van der Waals surface area contributed by atoms with Gasteiger partial charge in [-0.1, -0.05) is 121 Å². The second-order valence-corrected chi connectivity index (χ2v) is 10.4. The zero-order valence-electron chi connectivity index (χ0n) is 24.3. The summed E-state index contributed by atoms with van der Waals surface area (Å²) < 4.78 is 37.9. The first kappa shape index (κ1) is 30.6. The van der Waals surface area contributed by atoms with E-state index in [1.54, 1.807) is 0 Å². The highest BCUT2D eigenvalue weighted by molar-refractivity contribution is 5.66. The fourth-order valence-corrected chi connectivity index (χ4v) is 5.01. The molecule has 0 saturated carbocycles. The molecule has 0 amide bonds. The van der Waals surface area contributed by atoms with Crippen LogP contribution in [0.2, 0.25) is 0 Å². The van der Waals surface area contributed by atoms with Gasteiger partial charge in [-0.3, -0.25) is 4.79 Å². The minimum Gasteiger partial charge on any atom is -0.433 e. The van der Waals surface area contributed by atoms with Gasteiger partial charge >= 0.3 is 5.97 Å². The molecule has 4 aromatic carbocycles. The molecular weight excluding hydrogens is 544 g/mol. The number of hydrogen-bond donors (Lipinski definition) is 0. The molecule has 224 valence electrons. The monoisotopic (exact) mass is 582 g/mol. The van der Waals surface area contributed by atoms with Crippen molar-refractivity contribution in [1.29, 1.82) is 0 Å².